The van der Waals surface area contributed by atoms with Gasteiger partial charge < -0.3 is 20.1 Å². The van der Waals surface area contributed by atoms with Gasteiger partial charge in [-0.15, -0.1) is 0 Å². The SMILES string of the molecule is CC(C)OCCNC1CCCC1CNC(=O)OC(C)(C)C. The minimum Gasteiger partial charge on any atom is -0.444 e. The van der Waals surface area contributed by atoms with Gasteiger partial charge in [-0.3, -0.25) is 0 Å². The van der Waals surface area contributed by atoms with Crippen LogP contribution in [0.4, 0.5) is 4.79 Å². The Kier molecular flexibility index (Phi) is 7.46. The fourth-order valence-corrected chi connectivity index (χ4v) is 2.62. The van der Waals surface area contributed by atoms with Crippen LogP contribution in [0, 0.1) is 5.92 Å². The van der Waals surface area contributed by atoms with E-state index in [1.165, 1.54) is 12.8 Å². The Bertz CT molecular complexity index is 313. The van der Waals surface area contributed by atoms with Crippen LogP contribution < -0.4 is 10.6 Å². The summed E-state index contributed by atoms with van der Waals surface area (Å²) in [6.45, 7) is 12.0. The Morgan fingerprint density at radius 1 is 1.29 bits per heavy atom. The van der Waals surface area contributed by atoms with E-state index < -0.39 is 5.60 Å². The molecule has 5 heteroatoms. The molecule has 2 atom stereocenters. The highest BCUT2D eigenvalue weighted by molar-refractivity contribution is 5.67. The predicted octanol–water partition coefficient (Wildman–Crippen LogP) is 2.69. The second kappa shape index (κ2) is 8.59. The third-order valence-electron chi connectivity index (χ3n) is 3.53. The van der Waals surface area contributed by atoms with Gasteiger partial charge in [-0.1, -0.05) is 6.42 Å². The van der Waals surface area contributed by atoms with Crippen molar-refractivity contribution in [1.82, 2.24) is 10.6 Å². The molecule has 1 rings (SSSR count). The first kappa shape index (κ1) is 18.2. The summed E-state index contributed by atoms with van der Waals surface area (Å²) >= 11 is 0. The van der Waals surface area contributed by atoms with E-state index in [0.29, 0.717) is 18.5 Å². The molecule has 0 heterocycles. The van der Waals surface area contributed by atoms with Crippen molar-refractivity contribution in [3.63, 3.8) is 0 Å². The van der Waals surface area contributed by atoms with Crippen LogP contribution in [0.3, 0.4) is 0 Å². The van der Waals surface area contributed by atoms with Crippen LogP contribution in [0.5, 0.6) is 0 Å². The molecule has 124 valence electrons. The lowest BCUT2D eigenvalue weighted by molar-refractivity contribution is 0.0515. The number of rotatable bonds is 7. The average Bonchev–Trinajstić information content (AvgIpc) is 2.77. The molecule has 1 aliphatic rings. The van der Waals surface area contributed by atoms with Crippen LogP contribution >= 0.6 is 0 Å². The monoisotopic (exact) mass is 300 g/mol. The Morgan fingerprint density at radius 3 is 2.62 bits per heavy atom. The van der Waals surface area contributed by atoms with Gasteiger partial charge in [-0.25, -0.2) is 4.79 Å². The Morgan fingerprint density at radius 2 is 2.00 bits per heavy atom. The van der Waals surface area contributed by atoms with Crippen LogP contribution in [0.2, 0.25) is 0 Å². The van der Waals surface area contributed by atoms with E-state index in [1.54, 1.807) is 0 Å². The zero-order chi connectivity index (χ0) is 15.9. The van der Waals surface area contributed by atoms with E-state index in [1.807, 2.05) is 34.6 Å². The number of carbonyl (C=O) groups excluding carboxylic acids is 1. The molecule has 0 saturated heterocycles. The molecule has 21 heavy (non-hydrogen) atoms. The van der Waals surface area contributed by atoms with Crippen molar-refractivity contribution >= 4 is 6.09 Å². The van der Waals surface area contributed by atoms with E-state index >= 15 is 0 Å². The number of amides is 1. The van der Waals surface area contributed by atoms with Gasteiger partial charge in [0.05, 0.1) is 12.7 Å². The number of carbonyl (C=O) groups is 1. The molecule has 0 bridgehead atoms. The van der Waals surface area contributed by atoms with E-state index in [0.717, 1.165) is 19.6 Å². The molecule has 1 aliphatic carbocycles. The van der Waals surface area contributed by atoms with Crippen molar-refractivity contribution in [3.05, 3.63) is 0 Å². The van der Waals surface area contributed by atoms with Crippen molar-refractivity contribution in [2.75, 3.05) is 19.7 Å². The number of alkyl carbamates (subject to hydrolysis) is 1. The highest BCUT2D eigenvalue weighted by Gasteiger charge is 2.27. The summed E-state index contributed by atoms with van der Waals surface area (Å²) in [7, 11) is 0. The van der Waals surface area contributed by atoms with Gasteiger partial charge in [0.2, 0.25) is 0 Å². The van der Waals surface area contributed by atoms with Gasteiger partial charge in [-0.05, 0) is 53.4 Å². The zero-order valence-electron chi connectivity index (χ0n) is 14.2. The first-order chi connectivity index (χ1) is 9.78. The van der Waals surface area contributed by atoms with Crippen molar-refractivity contribution in [2.45, 2.75) is 71.6 Å². The summed E-state index contributed by atoms with van der Waals surface area (Å²) in [6, 6.07) is 0.468. The molecule has 0 spiro atoms. The molecule has 0 aromatic carbocycles. The summed E-state index contributed by atoms with van der Waals surface area (Å²) in [6.07, 6.45) is 3.49. The molecular formula is C16H32N2O3. The van der Waals surface area contributed by atoms with Crippen molar-refractivity contribution in [1.29, 1.82) is 0 Å². The lowest BCUT2D eigenvalue weighted by Crippen LogP contribution is -2.42. The maximum atomic E-state index is 11.7. The molecule has 0 aromatic rings. The molecule has 0 radical (unpaired) electrons. The summed E-state index contributed by atoms with van der Waals surface area (Å²) in [5, 5.41) is 6.43. The van der Waals surface area contributed by atoms with E-state index in [9.17, 15) is 4.79 Å². The Hall–Kier alpha value is -0.810. The van der Waals surface area contributed by atoms with Crippen LogP contribution in [-0.2, 0) is 9.47 Å². The number of hydrogen-bond donors (Lipinski definition) is 2. The summed E-state index contributed by atoms with van der Waals surface area (Å²) in [5.41, 5.74) is -0.439. The second-order valence-corrected chi connectivity index (χ2v) is 7.05. The first-order valence-corrected chi connectivity index (χ1v) is 8.10. The highest BCUT2D eigenvalue weighted by Crippen LogP contribution is 2.25. The molecule has 2 N–H and O–H groups in total. The highest BCUT2D eigenvalue weighted by atomic mass is 16.6. The van der Waals surface area contributed by atoms with Crippen molar-refractivity contribution in [2.24, 2.45) is 5.92 Å². The molecule has 1 saturated carbocycles. The molecule has 0 aromatic heterocycles. The number of ether oxygens (including phenoxy) is 2. The predicted molar refractivity (Wildman–Crippen MR) is 84.5 cm³/mol. The maximum absolute atomic E-state index is 11.7. The minimum atomic E-state index is -0.439. The van der Waals surface area contributed by atoms with Gasteiger partial charge in [0, 0.05) is 19.1 Å². The third kappa shape index (κ3) is 8.27. The second-order valence-electron chi connectivity index (χ2n) is 7.05. The topological polar surface area (TPSA) is 59.6 Å². The lowest BCUT2D eigenvalue weighted by Gasteiger charge is -2.24. The zero-order valence-corrected chi connectivity index (χ0v) is 14.2. The Balaban J connectivity index is 2.22. The smallest absolute Gasteiger partial charge is 0.407 e. The largest absolute Gasteiger partial charge is 0.444 e. The van der Waals surface area contributed by atoms with Gasteiger partial charge in [0.15, 0.2) is 0 Å². The van der Waals surface area contributed by atoms with Crippen LogP contribution in [0.1, 0.15) is 53.9 Å². The fraction of sp³-hybridized carbons (Fsp3) is 0.938. The third-order valence-corrected chi connectivity index (χ3v) is 3.53. The summed E-state index contributed by atoms with van der Waals surface area (Å²) in [5.74, 6) is 0.483. The summed E-state index contributed by atoms with van der Waals surface area (Å²) in [4.78, 5) is 11.7. The number of hydrogen-bond acceptors (Lipinski definition) is 4. The van der Waals surface area contributed by atoms with Crippen molar-refractivity contribution in [3.8, 4) is 0 Å². The van der Waals surface area contributed by atoms with E-state index in [2.05, 4.69) is 10.6 Å². The molecule has 2 unspecified atom stereocenters. The van der Waals surface area contributed by atoms with Gasteiger partial charge in [0.1, 0.15) is 5.60 Å². The maximum Gasteiger partial charge on any atom is 0.407 e. The van der Waals surface area contributed by atoms with Crippen LogP contribution in [0.25, 0.3) is 0 Å². The van der Waals surface area contributed by atoms with Gasteiger partial charge in [0.25, 0.3) is 0 Å². The molecule has 1 fully saturated rings. The van der Waals surface area contributed by atoms with E-state index in [-0.39, 0.29) is 12.2 Å². The minimum absolute atomic E-state index is 0.278. The first-order valence-electron chi connectivity index (χ1n) is 8.10. The summed E-state index contributed by atoms with van der Waals surface area (Å²) < 4.78 is 10.8. The normalized spacial score (nSPS) is 22.6. The van der Waals surface area contributed by atoms with Gasteiger partial charge in [-0.2, -0.15) is 0 Å². The van der Waals surface area contributed by atoms with Gasteiger partial charge >= 0.3 is 6.09 Å². The number of nitrogens with one attached hydrogen (secondary N) is 2. The average molecular weight is 300 g/mol. The van der Waals surface area contributed by atoms with Crippen LogP contribution in [0.15, 0.2) is 0 Å². The molecule has 0 aliphatic heterocycles. The van der Waals surface area contributed by atoms with Crippen molar-refractivity contribution < 1.29 is 14.3 Å². The quantitative estimate of drug-likeness (QED) is 0.710. The fourth-order valence-electron chi connectivity index (χ4n) is 2.62. The molecular weight excluding hydrogens is 268 g/mol. The Labute approximate surface area is 129 Å². The molecule has 1 amide bonds. The van der Waals surface area contributed by atoms with Crippen LogP contribution in [-0.4, -0.2) is 43.5 Å². The lowest BCUT2D eigenvalue weighted by atomic mass is 10.0. The van der Waals surface area contributed by atoms with E-state index in [4.69, 9.17) is 9.47 Å². The molecule has 5 nitrogen and oxygen atoms in total. The standard InChI is InChI=1S/C16H32N2O3/c1-12(2)20-10-9-17-14-8-6-7-13(14)11-18-15(19)21-16(3,4)5/h12-14,17H,6-11H2,1-5H3,(H,18,19).